The van der Waals surface area contributed by atoms with Crippen molar-refractivity contribution < 1.29 is 9.53 Å². The molecule has 0 spiro atoms. The standard InChI is InChI=1S/C17H18ClN3O2/c1-11-9-14(18)5-8-16(11)23-10-17(22)21-20-12(2)13-3-6-15(19)7-4-13/h3-9H,10,19H2,1-2H3,(H,21,22)/b20-12+. The van der Waals surface area contributed by atoms with Crippen molar-refractivity contribution in [2.75, 3.05) is 12.3 Å². The van der Waals surface area contributed by atoms with E-state index in [0.717, 1.165) is 11.1 Å². The van der Waals surface area contributed by atoms with Crippen LogP contribution in [0.1, 0.15) is 18.1 Å². The highest BCUT2D eigenvalue weighted by Crippen LogP contribution is 2.21. The van der Waals surface area contributed by atoms with E-state index < -0.39 is 0 Å². The molecule has 2 aromatic carbocycles. The van der Waals surface area contributed by atoms with Crippen molar-refractivity contribution in [1.29, 1.82) is 0 Å². The van der Waals surface area contributed by atoms with Crippen molar-refractivity contribution in [3.63, 3.8) is 0 Å². The van der Waals surface area contributed by atoms with Gasteiger partial charge in [-0.2, -0.15) is 5.10 Å². The van der Waals surface area contributed by atoms with E-state index in [1.807, 2.05) is 19.1 Å². The molecular weight excluding hydrogens is 314 g/mol. The van der Waals surface area contributed by atoms with Gasteiger partial charge >= 0.3 is 0 Å². The van der Waals surface area contributed by atoms with Gasteiger partial charge in [0.2, 0.25) is 0 Å². The zero-order valence-electron chi connectivity index (χ0n) is 13.0. The number of rotatable bonds is 5. The Bertz CT molecular complexity index is 727. The summed E-state index contributed by atoms with van der Waals surface area (Å²) in [5.41, 5.74) is 11.2. The lowest BCUT2D eigenvalue weighted by Gasteiger charge is -2.08. The maximum Gasteiger partial charge on any atom is 0.277 e. The highest BCUT2D eigenvalue weighted by Gasteiger charge is 2.05. The normalized spacial score (nSPS) is 11.2. The number of amides is 1. The van der Waals surface area contributed by atoms with Gasteiger partial charge < -0.3 is 10.5 Å². The van der Waals surface area contributed by atoms with Crippen molar-refractivity contribution in [2.24, 2.45) is 5.10 Å². The molecule has 0 atom stereocenters. The number of anilines is 1. The minimum absolute atomic E-state index is 0.124. The summed E-state index contributed by atoms with van der Waals surface area (Å²) in [4.78, 5) is 11.8. The van der Waals surface area contributed by atoms with Gasteiger partial charge in [-0.25, -0.2) is 5.43 Å². The summed E-state index contributed by atoms with van der Waals surface area (Å²) in [6, 6.07) is 12.5. The summed E-state index contributed by atoms with van der Waals surface area (Å²) < 4.78 is 5.45. The number of nitrogens with two attached hydrogens (primary N) is 1. The van der Waals surface area contributed by atoms with Gasteiger partial charge in [0.25, 0.3) is 5.91 Å². The second kappa shape index (κ2) is 7.65. The summed E-state index contributed by atoms with van der Waals surface area (Å²) in [5, 5.41) is 4.68. The molecule has 0 fully saturated rings. The Morgan fingerprint density at radius 1 is 1.26 bits per heavy atom. The molecule has 0 saturated carbocycles. The predicted octanol–water partition coefficient (Wildman–Crippen LogP) is 3.15. The highest BCUT2D eigenvalue weighted by molar-refractivity contribution is 6.30. The van der Waals surface area contributed by atoms with Crippen LogP contribution in [0, 0.1) is 6.92 Å². The largest absolute Gasteiger partial charge is 0.483 e. The van der Waals surface area contributed by atoms with Crippen molar-refractivity contribution in [3.8, 4) is 5.75 Å². The molecule has 0 radical (unpaired) electrons. The Balaban J connectivity index is 1.89. The fraction of sp³-hybridized carbons (Fsp3) is 0.176. The minimum Gasteiger partial charge on any atom is -0.483 e. The van der Waals surface area contributed by atoms with Gasteiger partial charge in [-0.3, -0.25) is 4.79 Å². The number of nitrogen functional groups attached to an aromatic ring is 1. The van der Waals surface area contributed by atoms with Gasteiger partial charge in [0.1, 0.15) is 5.75 Å². The first kappa shape index (κ1) is 16.8. The van der Waals surface area contributed by atoms with Crippen LogP contribution in [0.15, 0.2) is 47.6 Å². The van der Waals surface area contributed by atoms with E-state index in [1.54, 1.807) is 37.3 Å². The summed E-state index contributed by atoms with van der Waals surface area (Å²) in [7, 11) is 0. The van der Waals surface area contributed by atoms with Gasteiger partial charge in [-0.15, -0.1) is 0 Å². The molecule has 1 amide bonds. The molecule has 0 aliphatic heterocycles. The number of hydrazone groups is 1. The lowest BCUT2D eigenvalue weighted by atomic mass is 10.1. The van der Waals surface area contributed by atoms with Crippen LogP contribution < -0.4 is 15.9 Å². The molecule has 0 bridgehead atoms. The van der Waals surface area contributed by atoms with Crippen LogP contribution in [0.4, 0.5) is 5.69 Å². The topological polar surface area (TPSA) is 76.7 Å². The van der Waals surface area contributed by atoms with Gasteiger partial charge in [0.05, 0.1) is 5.71 Å². The van der Waals surface area contributed by atoms with Crippen molar-refractivity contribution >= 4 is 28.9 Å². The molecule has 5 nitrogen and oxygen atoms in total. The van der Waals surface area contributed by atoms with E-state index in [4.69, 9.17) is 22.1 Å². The number of nitrogens with zero attached hydrogens (tertiary/aromatic N) is 1. The Kier molecular flexibility index (Phi) is 5.60. The number of hydrogen-bond donors (Lipinski definition) is 2. The fourth-order valence-corrected chi connectivity index (χ4v) is 2.11. The molecule has 0 heterocycles. The predicted molar refractivity (Wildman–Crippen MR) is 92.9 cm³/mol. The monoisotopic (exact) mass is 331 g/mol. The Labute approximate surface area is 140 Å². The highest BCUT2D eigenvalue weighted by atomic mass is 35.5. The molecule has 2 aromatic rings. The van der Waals surface area contributed by atoms with E-state index in [2.05, 4.69) is 10.5 Å². The number of ether oxygens (including phenoxy) is 1. The molecule has 3 N–H and O–H groups in total. The van der Waals surface area contributed by atoms with Crippen LogP contribution in [-0.2, 0) is 4.79 Å². The maximum absolute atomic E-state index is 11.8. The first-order valence-corrected chi connectivity index (χ1v) is 7.41. The van der Waals surface area contributed by atoms with Crippen molar-refractivity contribution in [3.05, 3.63) is 58.6 Å². The average molecular weight is 332 g/mol. The van der Waals surface area contributed by atoms with Crippen LogP contribution in [0.3, 0.4) is 0 Å². The number of nitrogens with one attached hydrogen (secondary N) is 1. The van der Waals surface area contributed by atoms with Crippen LogP contribution in [-0.4, -0.2) is 18.2 Å². The zero-order chi connectivity index (χ0) is 16.8. The Morgan fingerprint density at radius 3 is 2.61 bits per heavy atom. The maximum atomic E-state index is 11.8. The molecule has 0 aliphatic carbocycles. The molecular formula is C17H18ClN3O2. The molecule has 6 heteroatoms. The lowest BCUT2D eigenvalue weighted by Crippen LogP contribution is -2.25. The SMILES string of the molecule is C/C(=N\NC(=O)COc1ccc(Cl)cc1C)c1ccc(N)cc1. The van der Waals surface area contributed by atoms with Crippen molar-refractivity contribution in [1.82, 2.24) is 5.43 Å². The van der Waals surface area contributed by atoms with Gasteiger partial charge in [0.15, 0.2) is 6.61 Å². The summed E-state index contributed by atoms with van der Waals surface area (Å²) in [5.74, 6) is 0.276. The molecule has 2 rings (SSSR count). The van der Waals surface area contributed by atoms with Crippen LogP contribution in [0.2, 0.25) is 5.02 Å². The first-order chi connectivity index (χ1) is 11.0. The van der Waals surface area contributed by atoms with Gasteiger partial charge in [-0.1, -0.05) is 23.7 Å². The second-order valence-corrected chi connectivity index (χ2v) is 5.49. The summed E-state index contributed by atoms with van der Waals surface area (Å²) >= 11 is 5.87. The number of halogens is 1. The quantitative estimate of drug-likeness (QED) is 0.502. The number of carbonyl (C=O) groups excluding carboxylic acids is 1. The number of aryl methyl sites for hydroxylation is 1. The van der Waals surface area contributed by atoms with Crippen LogP contribution >= 0.6 is 11.6 Å². The third-order valence-corrected chi connectivity index (χ3v) is 3.41. The smallest absolute Gasteiger partial charge is 0.277 e. The second-order valence-electron chi connectivity index (χ2n) is 5.05. The molecule has 0 aliphatic rings. The molecule has 0 saturated heterocycles. The number of carbonyl (C=O) groups is 1. The molecule has 120 valence electrons. The van der Waals surface area contributed by atoms with E-state index in [1.165, 1.54) is 0 Å². The van der Waals surface area contributed by atoms with E-state index in [0.29, 0.717) is 22.2 Å². The molecule has 23 heavy (non-hydrogen) atoms. The third-order valence-electron chi connectivity index (χ3n) is 3.17. The molecule has 0 unspecified atom stereocenters. The lowest BCUT2D eigenvalue weighted by molar-refractivity contribution is -0.123. The third kappa shape index (κ3) is 5.00. The van der Waals surface area contributed by atoms with E-state index in [-0.39, 0.29) is 12.5 Å². The number of hydrogen-bond acceptors (Lipinski definition) is 4. The minimum atomic E-state index is -0.339. The Morgan fingerprint density at radius 2 is 1.96 bits per heavy atom. The van der Waals surface area contributed by atoms with Gasteiger partial charge in [-0.05, 0) is 55.3 Å². The number of benzene rings is 2. The summed E-state index contributed by atoms with van der Waals surface area (Å²) in [6.07, 6.45) is 0. The zero-order valence-corrected chi connectivity index (χ0v) is 13.7. The van der Waals surface area contributed by atoms with Crippen LogP contribution in [0.5, 0.6) is 5.75 Å². The summed E-state index contributed by atoms with van der Waals surface area (Å²) in [6.45, 7) is 3.54. The van der Waals surface area contributed by atoms with Gasteiger partial charge in [0, 0.05) is 10.7 Å². The van der Waals surface area contributed by atoms with E-state index >= 15 is 0 Å². The average Bonchev–Trinajstić information content (AvgIpc) is 2.52. The van der Waals surface area contributed by atoms with Crippen molar-refractivity contribution in [2.45, 2.75) is 13.8 Å². The first-order valence-electron chi connectivity index (χ1n) is 7.03. The fourth-order valence-electron chi connectivity index (χ4n) is 1.89. The molecule has 0 aromatic heterocycles. The Hall–Kier alpha value is -2.53. The van der Waals surface area contributed by atoms with E-state index in [9.17, 15) is 4.79 Å². The van der Waals surface area contributed by atoms with Crippen LogP contribution in [0.25, 0.3) is 0 Å².